The van der Waals surface area contributed by atoms with E-state index in [0.717, 1.165) is 27.8 Å². The highest BCUT2D eigenvalue weighted by Gasteiger charge is 2.27. The van der Waals surface area contributed by atoms with Gasteiger partial charge in [-0.25, -0.2) is 13.4 Å². The van der Waals surface area contributed by atoms with Crippen molar-refractivity contribution in [1.82, 2.24) is 4.98 Å². The first kappa shape index (κ1) is 17.4. The van der Waals surface area contributed by atoms with Gasteiger partial charge in [-0.3, -0.25) is 0 Å². The lowest BCUT2D eigenvalue weighted by atomic mass is 10.0. The Kier molecular flexibility index (Phi) is 4.27. The summed E-state index contributed by atoms with van der Waals surface area (Å²) in [5, 5.41) is 9.93. The third-order valence-electron chi connectivity index (χ3n) is 4.29. The molecule has 27 heavy (non-hydrogen) atoms. The highest BCUT2D eigenvalue weighted by molar-refractivity contribution is 7.93. The number of hydrogen-bond donors (Lipinski definition) is 0. The van der Waals surface area contributed by atoms with E-state index in [0.29, 0.717) is 16.0 Å². The molecular weight excluding hydrogens is 376 g/mol. The molecule has 0 aliphatic rings. The molecule has 0 bridgehead atoms. The van der Waals surface area contributed by atoms with Gasteiger partial charge in [0, 0.05) is 17.1 Å². The average Bonchev–Trinajstić information content (AvgIpc) is 3.09. The molecule has 4 aromatic rings. The van der Waals surface area contributed by atoms with Crippen LogP contribution in [0.15, 0.2) is 76.0 Å². The molecule has 4 nitrogen and oxygen atoms in total. The smallest absolute Gasteiger partial charge is 0.216 e. The number of pyridine rings is 1. The predicted octanol–water partition coefficient (Wildman–Crippen LogP) is 4.98. The topological polar surface area (TPSA) is 70.8 Å². The number of sulfone groups is 1. The molecule has 0 radical (unpaired) electrons. The van der Waals surface area contributed by atoms with Crippen molar-refractivity contribution in [3.05, 3.63) is 78.0 Å². The molecule has 0 unspecified atom stereocenters. The number of fused-ring (bicyclic) bond motifs is 1. The number of thiophene rings is 1. The van der Waals surface area contributed by atoms with Gasteiger partial charge in [-0.05, 0) is 42.8 Å². The molecule has 2 heterocycles. The number of nitriles is 1. The van der Waals surface area contributed by atoms with E-state index in [-0.39, 0.29) is 9.10 Å². The largest absolute Gasteiger partial charge is 0.245 e. The zero-order chi connectivity index (χ0) is 19.0. The molecule has 0 N–H and O–H groups in total. The molecular formula is C21H14N2O2S2. The first-order valence-electron chi connectivity index (χ1n) is 8.20. The summed E-state index contributed by atoms with van der Waals surface area (Å²) in [4.78, 5) is 5.13. The van der Waals surface area contributed by atoms with Gasteiger partial charge in [0.2, 0.25) is 9.84 Å². The van der Waals surface area contributed by atoms with Gasteiger partial charge in [-0.2, -0.15) is 5.26 Å². The Balaban J connectivity index is 2.03. The van der Waals surface area contributed by atoms with E-state index in [9.17, 15) is 8.42 Å². The lowest BCUT2D eigenvalue weighted by molar-refractivity contribution is 0.598. The molecule has 0 atom stereocenters. The second-order valence-electron chi connectivity index (χ2n) is 6.13. The molecule has 4 rings (SSSR count). The fraction of sp³-hybridized carbons (Fsp3) is 0.0476. The highest BCUT2D eigenvalue weighted by atomic mass is 32.2. The maximum Gasteiger partial charge on any atom is 0.216 e. The predicted molar refractivity (Wildman–Crippen MR) is 106 cm³/mol. The van der Waals surface area contributed by atoms with Crippen LogP contribution in [-0.4, -0.2) is 13.4 Å². The summed E-state index contributed by atoms with van der Waals surface area (Å²) in [6.07, 6.45) is 1.66. The molecule has 2 aromatic carbocycles. The van der Waals surface area contributed by atoms with Gasteiger partial charge in [0.1, 0.15) is 9.04 Å². The Hall–Kier alpha value is -3.01. The monoisotopic (exact) mass is 390 g/mol. The minimum Gasteiger partial charge on any atom is -0.245 e. The van der Waals surface area contributed by atoms with Crippen molar-refractivity contribution in [2.75, 3.05) is 0 Å². The summed E-state index contributed by atoms with van der Waals surface area (Å²) in [7, 11) is -3.79. The zero-order valence-electron chi connectivity index (χ0n) is 14.4. The summed E-state index contributed by atoms with van der Waals surface area (Å²) in [5.41, 5.74) is 2.90. The van der Waals surface area contributed by atoms with E-state index in [1.165, 1.54) is 12.1 Å². The Morgan fingerprint density at radius 3 is 2.56 bits per heavy atom. The van der Waals surface area contributed by atoms with Gasteiger partial charge in [0.15, 0.2) is 0 Å². The fourth-order valence-corrected chi connectivity index (χ4v) is 6.05. The van der Waals surface area contributed by atoms with Crippen molar-refractivity contribution in [3.8, 4) is 17.2 Å². The normalized spacial score (nSPS) is 11.4. The second kappa shape index (κ2) is 6.62. The number of aryl methyl sites for hydroxylation is 1. The first-order chi connectivity index (χ1) is 13.0. The van der Waals surface area contributed by atoms with Crippen LogP contribution in [0.1, 0.15) is 11.1 Å². The molecule has 2 aromatic heterocycles. The molecule has 0 aliphatic heterocycles. The van der Waals surface area contributed by atoms with Crippen molar-refractivity contribution in [2.24, 2.45) is 0 Å². The quantitative estimate of drug-likeness (QED) is 0.495. The zero-order valence-corrected chi connectivity index (χ0v) is 16.0. The SMILES string of the molecule is Cc1ccc(-c2c(S(=O)(=O)c3cccc(C#N)c3)sc3ncccc23)cc1. The Morgan fingerprint density at radius 1 is 1.04 bits per heavy atom. The van der Waals surface area contributed by atoms with E-state index in [1.54, 1.807) is 24.4 Å². The number of benzene rings is 2. The maximum atomic E-state index is 13.4. The van der Waals surface area contributed by atoms with Crippen LogP contribution in [0.2, 0.25) is 0 Å². The molecule has 0 aliphatic carbocycles. The third-order valence-corrected chi connectivity index (χ3v) is 7.67. The summed E-state index contributed by atoms with van der Waals surface area (Å²) < 4.78 is 27.1. The van der Waals surface area contributed by atoms with E-state index in [1.807, 2.05) is 43.3 Å². The number of rotatable bonds is 3. The molecule has 6 heteroatoms. The number of nitrogens with zero attached hydrogens (tertiary/aromatic N) is 2. The highest BCUT2D eigenvalue weighted by Crippen LogP contribution is 2.42. The Labute approximate surface area is 161 Å². The Bertz CT molecular complexity index is 1300. The van der Waals surface area contributed by atoms with Crippen molar-refractivity contribution in [3.63, 3.8) is 0 Å². The Morgan fingerprint density at radius 2 is 1.81 bits per heavy atom. The summed E-state index contributed by atoms with van der Waals surface area (Å²) in [6.45, 7) is 1.99. The molecule has 0 fully saturated rings. The van der Waals surface area contributed by atoms with Gasteiger partial charge in [0.25, 0.3) is 0 Å². The summed E-state index contributed by atoms with van der Waals surface area (Å²) >= 11 is 1.16. The van der Waals surface area contributed by atoms with Gasteiger partial charge in [-0.1, -0.05) is 35.9 Å². The van der Waals surface area contributed by atoms with Gasteiger partial charge < -0.3 is 0 Å². The molecule has 0 saturated carbocycles. The summed E-state index contributed by atoms with van der Waals surface area (Å²) in [5.74, 6) is 0. The molecule has 0 spiro atoms. The van der Waals surface area contributed by atoms with Crippen LogP contribution in [0.3, 0.4) is 0 Å². The van der Waals surface area contributed by atoms with Crippen molar-refractivity contribution >= 4 is 31.4 Å². The van der Waals surface area contributed by atoms with Gasteiger partial charge in [0.05, 0.1) is 16.5 Å². The van der Waals surface area contributed by atoms with Gasteiger partial charge in [-0.15, -0.1) is 11.3 Å². The first-order valence-corrected chi connectivity index (χ1v) is 10.5. The molecule has 0 amide bonds. The van der Waals surface area contributed by atoms with Crippen LogP contribution in [0, 0.1) is 18.3 Å². The molecule has 0 saturated heterocycles. The fourth-order valence-electron chi connectivity index (χ4n) is 2.93. The number of aromatic nitrogens is 1. The van der Waals surface area contributed by atoms with Crippen LogP contribution < -0.4 is 0 Å². The number of hydrogen-bond acceptors (Lipinski definition) is 5. The van der Waals surface area contributed by atoms with Crippen molar-refractivity contribution in [2.45, 2.75) is 16.0 Å². The van der Waals surface area contributed by atoms with Gasteiger partial charge >= 0.3 is 0 Å². The van der Waals surface area contributed by atoms with Crippen LogP contribution in [-0.2, 0) is 9.84 Å². The van der Waals surface area contributed by atoms with E-state index in [4.69, 9.17) is 5.26 Å². The minimum atomic E-state index is -3.79. The third kappa shape index (κ3) is 3.01. The lowest BCUT2D eigenvalue weighted by Crippen LogP contribution is -2.01. The molecule has 132 valence electrons. The summed E-state index contributed by atoms with van der Waals surface area (Å²) in [6, 6.07) is 19.6. The van der Waals surface area contributed by atoms with E-state index < -0.39 is 9.84 Å². The van der Waals surface area contributed by atoms with Crippen LogP contribution in [0.5, 0.6) is 0 Å². The van der Waals surface area contributed by atoms with E-state index in [2.05, 4.69) is 4.98 Å². The van der Waals surface area contributed by atoms with E-state index >= 15 is 0 Å². The van der Waals surface area contributed by atoms with Crippen molar-refractivity contribution in [1.29, 1.82) is 5.26 Å². The second-order valence-corrected chi connectivity index (χ2v) is 9.27. The lowest BCUT2D eigenvalue weighted by Gasteiger charge is -2.08. The van der Waals surface area contributed by atoms with Crippen LogP contribution in [0.4, 0.5) is 0 Å². The minimum absolute atomic E-state index is 0.112. The maximum absolute atomic E-state index is 13.4. The van der Waals surface area contributed by atoms with Crippen LogP contribution >= 0.6 is 11.3 Å². The average molecular weight is 390 g/mol. The van der Waals surface area contributed by atoms with Crippen LogP contribution in [0.25, 0.3) is 21.3 Å². The van der Waals surface area contributed by atoms with Crippen molar-refractivity contribution < 1.29 is 8.42 Å². The standard InChI is InChI=1S/C21H14N2O2S2/c1-14-7-9-16(10-8-14)19-18-6-3-11-23-20(18)26-21(19)27(24,25)17-5-2-4-15(12-17)13-22/h2-12H,1H3.